The molecule has 1 rings (SSSR count). The molecule has 0 spiro atoms. The minimum atomic E-state index is 0.00463. The SMILES string of the molecule is CC[C@H]1C[C@@H](C)C[C@H]1O. The standard InChI is InChI=1S/C8H16O/c1-3-7-4-6(2)5-8(7)9/h6-9H,3-5H2,1-2H3/t6-,7+,8-/m1/s1. The van der Waals surface area contributed by atoms with Crippen molar-refractivity contribution >= 4 is 0 Å². The van der Waals surface area contributed by atoms with Gasteiger partial charge in [-0.1, -0.05) is 20.3 Å². The summed E-state index contributed by atoms with van der Waals surface area (Å²) in [5.74, 6) is 1.35. The van der Waals surface area contributed by atoms with Gasteiger partial charge in [-0.05, 0) is 24.7 Å². The average molecular weight is 128 g/mol. The maximum atomic E-state index is 9.36. The van der Waals surface area contributed by atoms with E-state index in [0.29, 0.717) is 5.92 Å². The van der Waals surface area contributed by atoms with Crippen molar-refractivity contribution in [2.24, 2.45) is 11.8 Å². The summed E-state index contributed by atoms with van der Waals surface area (Å²) in [5, 5.41) is 9.36. The van der Waals surface area contributed by atoms with Crippen LogP contribution in [0.2, 0.25) is 0 Å². The molecule has 0 saturated heterocycles. The zero-order valence-corrected chi connectivity index (χ0v) is 6.30. The molecule has 0 unspecified atom stereocenters. The molecule has 0 aromatic heterocycles. The van der Waals surface area contributed by atoms with Crippen LogP contribution in [0.25, 0.3) is 0 Å². The van der Waals surface area contributed by atoms with E-state index in [0.717, 1.165) is 18.8 Å². The Hall–Kier alpha value is -0.0400. The first kappa shape index (κ1) is 7.07. The molecule has 0 aromatic carbocycles. The van der Waals surface area contributed by atoms with Crippen molar-refractivity contribution < 1.29 is 5.11 Å². The zero-order chi connectivity index (χ0) is 6.85. The third-order valence-electron chi connectivity index (χ3n) is 2.42. The Kier molecular flexibility index (Phi) is 2.12. The van der Waals surface area contributed by atoms with Crippen molar-refractivity contribution in [3.05, 3.63) is 0 Å². The van der Waals surface area contributed by atoms with Gasteiger partial charge in [-0.25, -0.2) is 0 Å². The van der Waals surface area contributed by atoms with Crippen LogP contribution in [0.5, 0.6) is 0 Å². The van der Waals surface area contributed by atoms with Crippen molar-refractivity contribution in [1.29, 1.82) is 0 Å². The summed E-state index contributed by atoms with van der Waals surface area (Å²) in [4.78, 5) is 0. The molecule has 0 amide bonds. The van der Waals surface area contributed by atoms with Crippen LogP contribution >= 0.6 is 0 Å². The van der Waals surface area contributed by atoms with Gasteiger partial charge in [-0.15, -0.1) is 0 Å². The van der Waals surface area contributed by atoms with Gasteiger partial charge in [0.1, 0.15) is 0 Å². The van der Waals surface area contributed by atoms with E-state index in [1.54, 1.807) is 0 Å². The highest BCUT2D eigenvalue weighted by molar-refractivity contribution is 4.79. The maximum Gasteiger partial charge on any atom is 0.0570 e. The highest BCUT2D eigenvalue weighted by Crippen LogP contribution is 2.32. The Balaban J connectivity index is 2.38. The largest absolute Gasteiger partial charge is 0.393 e. The third-order valence-corrected chi connectivity index (χ3v) is 2.42. The van der Waals surface area contributed by atoms with E-state index < -0.39 is 0 Å². The minimum absolute atomic E-state index is 0.00463. The third kappa shape index (κ3) is 1.45. The molecule has 0 aliphatic heterocycles. The second-order valence-electron chi connectivity index (χ2n) is 3.31. The fourth-order valence-electron chi connectivity index (χ4n) is 1.81. The normalized spacial score (nSPS) is 43.7. The van der Waals surface area contributed by atoms with Crippen molar-refractivity contribution in [3.8, 4) is 0 Å². The Morgan fingerprint density at radius 2 is 2.11 bits per heavy atom. The lowest BCUT2D eigenvalue weighted by Crippen LogP contribution is -2.10. The van der Waals surface area contributed by atoms with E-state index in [1.807, 2.05) is 0 Å². The average Bonchev–Trinajstić information content (AvgIpc) is 2.10. The Morgan fingerprint density at radius 3 is 2.33 bits per heavy atom. The van der Waals surface area contributed by atoms with Gasteiger partial charge in [0.25, 0.3) is 0 Å². The van der Waals surface area contributed by atoms with Gasteiger partial charge in [0.15, 0.2) is 0 Å². The number of aliphatic hydroxyl groups excluding tert-OH is 1. The lowest BCUT2D eigenvalue weighted by molar-refractivity contribution is 0.129. The smallest absolute Gasteiger partial charge is 0.0570 e. The maximum absolute atomic E-state index is 9.36. The fraction of sp³-hybridized carbons (Fsp3) is 1.00. The molecule has 1 nitrogen and oxygen atoms in total. The predicted octanol–water partition coefficient (Wildman–Crippen LogP) is 1.80. The summed E-state index contributed by atoms with van der Waals surface area (Å²) in [7, 11) is 0. The zero-order valence-electron chi connectivity index (χ0n) is 6.30. The van der Waals surface area contributed by atoms with Gasteiger partial charge >= 0.3 is 0 Å². The minimum Gasteiger partial charge on any atom is -0.393 e. The van der Waals surface area contributed by atoms with Crippen LogP contribution in [-0.4, -0.2) is 11.2 Å². The Bertz CT molecular complexity index is 90.6. The first-order valence-electron chi connectivity index (χ1n) is 3.92. The Morgan fingerprint density at radius 1 is 1.44 bits per heavy atom. The molecule has 1 saturated carbocycles. The van der Waals surface area contributed by atoms with Crippen LogP contribution in [0.1, 0.15) is 33.1 Å². The van der Waals surface area contributed by atoms with Gasteiger partial charge in [0.05, 0.1) is 6.10 Å². The number of hydrogen-bond acceptors (Lipinski definition) is 1. The molecule has 1 aliphatic carbocycles. The van der Waals surface area contributed by atoms with E-state index in [1.165, 1.54) is 6.42 Å². The quantitative estimate of drug-likeness (QED) is 0.571. The van der Waals surface area contributed by atoms with E-state index in [4.69, 9.17) is 0 Å². The lowest BCUT2D eigenvalue weighted by atomic mass is 10.0. The van der Waals surface area contributed by atoms with E-state index in [9.17, 15) is 5.11 Å². The summed E-state index contributed by atoms with van der Waals surface area (Å²) in [6.07, 6.45) is 3.41. The number of aliphatic hydroxyl groups is 1. The highest BCUT2D eigenvalue weighted by atomic mass is 16.3. The lowest BCUT2D eigenvalue weighted by Gasteiger charge is -2.09. The van der Waals surface area contributed by atoms with Crippen LogP contribution in [-0.2, 0) is 0 Å². The monoisotopic (exact) mass is 128 g/mol. The van der Waals surface area contributed by atoms with Gasteiger partial charge < -0.3 is 5.11 Å². The molecule has 9 heavy (non-hydrogen) atoms. The first-order valence-corrected chi connectivity index (χ1v) is 3.92. The van der Waals surface area contributed by atoms with Gasteiger partial charge in [0.2, 0.25) is 0 Å². The van der Waals surface area contributed by atoms with Crippen LogP contribution in [0.3, 0.4) is 0 Å². The molecule has 54 valence electrons. The van der Waals surface area contributed by atoms with Gasteiger partial charge in [-0.2, -0.15) is 0 Å². The summed E-state index contributed by atoms with van der Waals surface area (Å²) in [6, 6.07) is 0. The molecule has 3 atom stereocenters. The molecule has 0 aromatic rings. The van der Waals surface area contributed by atoms with Crippen molar-refractivity contribution in [2.45, 2.75) is 39.2 Å². The van der Waals surface area contributed by atoms with Crippen LogP contribution in [0, 0.1) is 11.8 Å². The molecule has 1 heteroatoms. The van der Waals surface area contributed by atoms with Gasteiger partial charge in [-0.3, -0.25) is 0 Å². The summed E-state index contributed by atoms with van der Waals surface area (Å²) in [6.45, 7) is 4.38. The second kappa shape index (κ2) is 2.70. The van der Waals surface area contributed by atoms with Crippen LogP contribution < -0.4 is 0 Å². The molecule has 0 bridgehead atoms. The predicted molar refractivity (Wildman–Crippen MR) is 38.2 cm³/mol. The van der Waals surface area contributed by atoms with Gasteiger partial charge in [0, 0.05) is 0 Å². The summed E-state index contributed by atoms with van der Waals surface area (Å²) >= 11 is 0. The molecular weight excluding hydrogens is 112 g/mol. The van der Waals surface area contributed by atoms with E-state index in [2.05, 4.69) is 13.8 Å². The topological polar surface area (TPSA) is 20.2 Å². The highest BCUT2D eigenvalue weighted by Gasteiger charge is 2.28. The molecule has 0 radical (unpaired) electrons. The molecule has 1 fully saturated rings. The fourth-order valence-corrected chi connectivity index (χ4v) is 1.81. The van der Waals surface area contributed by atoms with Crippen molar-refractivity contribution in [2.75, 3.05) is 0 Å². The summed E-state index contributed by atoms with van der Waals surface area (Å²) in [5.41, 5.74) is 0. The van der Waals surface area contributed by atoms with Crippen molar-refractivity contribution in [3.63, 3.8) is 0 Å². The van der Waals surface area contributed by atoms with E-state index >= 15 is 0 Å². The van der Waals surface area contributed by atoms with E-state index in [-0.39, 0.29) is 6.10 Å². The number of hydrogen-bond donors (Lipinski definition) is 1. The van der Waals surface area contributed by atoms with Crippen LogP contribution in [0.15, 0.2) is 0 Å². The molecular formula is C8H16O. The Labute approximate surface area is 57.1 Å². The number of rotatable bonds is 1. The summed E-state index contributed by atoms with van der Waals surface area (Å²) < 4.78 is 0. The molecule has 0 heterocycles. The van der Waals surface area contributed by atoms with Crippen molar-refractivity contribution in [1.82, 2.24) is 0 Å². The van der Waals surface area contributed by atoms with Crippen LogP contribution in [0.4, 0.5) is 0 Å². The molecule has 1 aliphatic rings. The first-order chi connectivity index (χ1) is 4.24. The molecule has 1 N–H and O–H groups in total. The second-order valence-corrected chi connectivity index (χ2v) is 3.31.